The van der Waals surface area contributed by atoms with Gasteiger partial charge in [0.05, 0.1) is 18.6 Å². The third kappa shape index (κ3) is 4.00. The van der Waals surface area contributed by atoms with E-state index in [9.17, 15) is 14.4 Å². The number of nitrogens with zero attached hydrogens (tertiary/aromatic N) is 1. The van der Waals surface area contributed by atoms with Crippen molar-refractivity contribution in [1.82, 2.24) is 0 Å². The van der Waals surface area contributed by atoms with Gasteiger partial charge in [-0.05, 0) is 49.7 Å². The molecule has 140 valence electrons. The zero-order chi connectivity index (χ0) is 19.6. The molecule has 2 aromatic rings. The third-order valence-electron chi connectivity index (χ3n) is 4.71. The summed E-state index contributed by atoms with van der Waals surface area (Å²) in [4.78, 5) is 38.1. The molecule has 1 saturated heterocycles. The first-order chi connectivity index (χ1) is 12.9. The second-order valence-corrected chi connectivity index (χ2v) is 6.75. The van der Waals surface area contributed by atoms with Gasteiger partial charge in [-0.1, -0.05) is 17.7 Å². The van der Waals surface area contributed by atoms with E-state index in [2.05, 4.69) is 10.1 Å². The minimum absolute atomic E-state index is 0.0526. The Bertz CT molecular complexity index is 890. The lowest BCUT2D eigenvalue weighted by Gasteiger charge is -2.19. The van der Waals surface area contributed by atoms with E-state index < -0.39 is 11.9 Å². The molecule has 0 saturated carbocycles. The molecule has 1 unspecified atom stereocenters. The molecule has 0 radical (unpaired) electrons. The van der Waals surface area contributed by atoms with Crippen LogP contribution in [0.1, 0.15) is 27.9 Å². The minimum Gasteiger partial charge on any atom is -0.465 e. The highest BCUT2D eigenvalue weighted by Gasteiger charge is 2.35. The Hall–Kier alpha value is -3.15. The third-order valence-corrected chi connectivity index (χ3v) is 4.71. The average Bonchev–Trinajstić information content (AvgIpc) is 3.03. The predicted molar refractivity (Wildman–Crippen MR) is 103 cm³/mol. The van der Waals surface area contributed by atoms with Gasteiger partial charge >= 0.3 is 5.97 Å². The molecule has 2 aromatic carbocycles. The van der Waals surface area contributed by atoms with Crippen LogP contribution in [0.4, 0.5) is 11.4 Å². The number of nitrogens with one attached hydrogen (secondary N) is 1. The summed E-state index contributed by atoms with van der Waals surface area (Å²) >= 11 is 0. The summed E-state index contributed by atoms with van der Waals surface area (Å²) in [6.07, 6.45) is 0.180. The van der Waals surface area contributed by atoms with Crippen LogP contribution in [0.25, 0.3) is 0 Å². The lowest BCUT2D eigenvalue weighted by atomic mass is 10.1. The number of amides is 2. The van der Waals surface area contributed by atoms with Crippen LogP contribution in [0.5, 0.6) is 0 Å². The number of benzene rings is 2. The maximum atomic E-state index is 12.6. The highest BCUT2D eigenvalue weighted by molar-refractivity contribution is 6.04. The molecule has 1 heterocycles. The van der Waals surface area contributed by atoms with Crippen molar-refractivity contribution in [2.75, 3.05) is 23.9 Å². The number of methoxy groups -OCH3 is 1. The molecule has 6 heteroatoms. The van der Waals surface area contributed by atoms with Gasteiger partial charge in [-0.25, -0.2) is 4.79 Å². The summed E-state index contributed by atoms with van der Waals surface area (Å²) in [6, 6.07) is 12.4. The number of hydrogen-bond acceptors (Lipinski definition) is 4. The zero-order valence-electron chi connectivity index (χ0n) is 15.6. The summed E-state index contributed by atoms with van der Waals surface area (Å²) in [6.45, 7) is 4.32. The van der Waals surface area contributed by atoms with Crippen LogP contribution in [-0.4, -0.2) is 31.4 Å². The summed E-state index contributed by atoms with van der Waals surface area (Å²) < 4.78 is 4.65. The van der Waals surface area contributed by atoms with E-state index in [1.54, 1.807) is 29.2 Å². The van der Waals surface area contributed by atoms with Crippen LogP contribution in [0.2, 0.25) is 0 Å². The normalized spacial score (nSPS) is 16.3. The topological polar surface area (TPSA) is 75.7 Å². The lowest BCUT2D eigenvalue weighted by molar-refractivity contribution is -0.122. The van der Waals surface area contributed by atoms with Gasteiger partial charge < -0.3 is 15.0 Å². The van der Waals surface area contributed by atoms with E-state index >= 15 is 0 Å². The fourth-order valence-corrected chi connectivity index (χ4v) is 3.28. The second-order valence-electron chi connectivity index (χ2n) is 6.75. The second kappa shape index (κ2) is 7.61. The Labute approximate surface area is 158 Å². The maximum absolute atomic E-state index is 12.6. The number of aryl methyl sites for hydroxylation is 2. The van der Waals surface area contributed by atoms with Crippen LogP contribution < -0.4 is 10.2 Å². The first-order valence-electron chi connectivity index (χ1n) is 8.76. The van der Waals surface area contributed by atoms with Crippen molar-refractivity contribution in [3.63, 3.8) is 0 Å². The standard InChI is InChI=1S/C21H22N2O4/c1-13-4-9-18(14(2)10-13)23-12-16(11-19(23)24)20(25)22-17-7-5-15(6-8-17)21(26)27-3/h4-10,16H,11-12H2,1-3H3,(H,22,25). The van der Waals surface area contributed by atoms with Crippen LogP contribution in [-0.2, 0) is 14.3 Å². The molecule has 1 N–H and O–H groups in total. The van der Waals surface area contributed by atoms with Gasteiger partial charge in [-0.3, -0.25) is 9.59 Å². The summed E-state index contributed by atoms with van der Waals surface area (Å²) in [5, 5.41) is 2.81. The molecule has 2 amide bonds. The molecule has 1 aliphatic rings. The Morgan fingerprint density at radius 1 is 1.11 bits per heavy atom. The molecule has 0 aromatic heterocycles. The number of carbonyl (C=O) groups is 3. The Balaban J connectivity index is 1.68. The zero-order valence-corrected chi connectivity index (χ0v) is 15.6. The fourth-order valence-electron chi connectivity index (χ4n) is 3.28. The first kappa shape index (κ1) is 18.6. The first-order valence-corrected chi connectivity index (χ1v) is 8.76. The number of anilines is 2. The van der Waals surface area contributed by atoms with Crippen LogP contribution >= 0.6 is 0 Å². The van der Waals surface area contributed by atoms with Gasteiger partial charge in [-0.15, -0.1) is 0 Å². The summed E-state index contributed by atoms with van der Waals surface area (Å²) in [7, 11) is 1.32. The number of esters is 1. The van der Waals surface area contributed by atoms with Crippen LogP contribution in [0, 0.1) is 19.8 Å². The molecule has 0 aliphatic carbocycles. The van der Waals surface area contributed by atoms with E-state index in [1.165, 1.54) is 7.11 Å². The van der Waals surface area contributed by atoms with Crippen LogP contribution in [0.3, 0.4) is 0 Å². The van der Waals surface area contributed by atoms with E-state index in [0.717, 1.165) is 16.8 Å². The van der Waals surface area contributed by atoms with E-state index in [4.69, 9.17) is 0 Å². The molecule has 1 fully saturated rings. The van der Waals surface area contributed by atoms with E-state index in [1.807, 2.05) is 32.0 Å². The van der Waals surface area contributed by atoms with Gasteiger partial charge in [0.25, 0.3) is 0 Å². The highest BCUT2D eigenvalue weighted by Crippen LogP contribution is 2.29. The predicted octanol–water partition coefficient (Wildman–Crippen LogP) is 3.08. The van der Waals surface area contributed by atoms with Crippen molar-refractivity contribution in [1.29, 1.82) is 0 Å². The van der Waals surface area contributed by atoms with Crippen molar-refractivity contribution >= 4 is 29.2 Å². The quantitative estimate of drug-likeness (QED) is 0.844. The molecular weight excluding hydrogens is 344 g/mol. The largest absolute Gasteiger partial charge is 0.465 e. The molecule has 27 heavy (non-hydrogen) atoms. The summed E-state index contributed by atoms with van der Waals surface area (Å²) in [5.74, 6) is -1.11. The molecular formula is C21H22N2O4. The highest BCUT2D eigenvalue weighted by atomic mass is 16.5. The lowest BCUT2D eigenvalue weighted by Crippen LogP contribution is -2.28. The maximum Gasteiger partial charge on any atom is 0.337 e. The summed E-state index contributed by atoms with van der Waals surface area (Å²) in [5.41, 5.74) is 3.98. The fraction of sp³-hybridized carbons (Fsp3) is 0.286. The van der Waals surface area contributed by atoms with Crippen molar-refractivity contribution in [3.05, 3.63) is 59.2 Å². The SMILES string of the molecule is COC(=O)c1ccc(NC(=O)C2CC(=O)N(c3ccc(C)cc3C)C2)cc1. The van der Waals surface area contributed by atoms with Gasteiger partial charge in [0, 0.05) is 24.3 Å². The number of carbonyl (C=O) groups excluding carboxylic acids is 3. The van der Waals surface area contributed by atoms with Crippen molar-refractivity contribution in [2.24, 2.45) is 5.92 Å². The molecule has 0 spiro atoms. The molecule has 1 aliphatic heterocycles. The van der Waals surface area contributed by atoms with Crippen molar-refractivity contribution < 1.29 is 19.1 Å². The Morgan fingerprint density at radius 2 is 1.81 bits per heavy atom. The minimum atomic E-state index is -0.432. The molecule has 6 nitrogen and oxygen atoms in total. The Morgan fingerprint density at radius 3 is 2.44 bits per heavy atom. The van der Waals surface area contributed by atoms with Crippen molar-refractivity contribution in [2.45, 2.75) is 20.3 Å². The van der Waals surface area contributed by atoms with Gasteiger partial charge in [0.15, 0.2) is 0 Å². The molecule has 1 atom stereocenters. The molecule has 0 bridgehead atoms. The van der Waals surface area contributed by atoms with E-state index in [0.29, 0.717) is 17.8 Å². The van der Waals surface area contributed by atoms with Gasteiger partial charge in [-0.2, -0.15) is 0 Å². The number of rotatable bonds is 4. The number of ether oxygens (including phenoxy) is 1. The average molecular weight is 366 g/mol. The van der Waals surface area contributed by atoms with Crippen LogP contribution in [0.15, 0.2) is 42.5 Å². The van der Waals surface area contributed by atoms with Gasteiger partial charge in [0.2, 0.25) is 11.8 Å². The van der Waals surface area contributed by atoms with Gasteiger partial charge in [0.1, 0.15) is 0 Å². The van der Waals surface area contributed by atoms with Crippen molar-refractivity contribution in [3.8, 4) is 0 Å². The smallest absolute Gasteiger partial charge is 0.337 e. The molecule has 3 rings (SSSR count). The Kier molecular flexibility index (Phi) is 5.26. The monoisotopic (exact) mass is 366 g/mol. The number of hydrogen-bond donors (Lipinski definition) is 1. The van der Waals surface area contributed by atoms with E-state index in [-0.39, 0.29) is 18.2 Å².